The molecule has 2 heterocycles. The topological polar surface area (TPSA) is 78.3 Å². The molecule has 1 aromatic carbocycles. The van der Waals surface area contributed by atoms with Crippen molar-refractivity contribution < 1.29 is 14.3 Å². The number of hydrogen-bond acceptors (Lipinski definition) is 5. The lowest BCUT2D eigenvalue weighted by molar-refractivity contribution is -0.118. The smallest absolute Gasteiger partial charge is 0.216 e. The Kier molecular flexibility index (Phi) is 5.65. The minimum atomic E-state index is -0.0415. The van der Waals surface area contributed by atoms with E-state index in [-0.39, 0.29) is 5.91 Å². The van der Waals surface area contributed by atoms with E-state index in [9.17, 15) is 4.79 Å². The Hall–Kier alpha value is -2.41. The van der Waals surface area contributed by atoms with Gasteiger partial charge in [0.15, 0.2) is 5.82 Å². The predicted octanol–water partition coefficient (Wildman–Crippen LogP) is 1.85. The summed E-state index contributed by atoms with van der Waals surface area (Å²) in [5.41, 5.74) is 0.935. The fraction of sp³-hybridized carbons (Fsp3) is 0.500. The number of amides is 1. The van der Waals surface area contributed by atoms with Crippen molar-refractivity contribution in [2.24, 2.45) is 0 Å². The molecule has 1 aliphatic rings. The third-order valence-corrected chi connectivity index (χ3v) is 4.32. The van der Waals surface area contributed by atoms with Gasteiger partial charge in [0.05, 0.1) is 12.8 Å². The molecular formula is C18H24N4O3. The molecule has 1 saturated heterocycles. The fourth-order valence-corrected chi connectivity index (χ4v) is 2.93. The van der Waals surface area contributed by atoms with Gasteiger partial charge in [0.25, 0.3) is 0 Å². The van der Waals surface area contributed by atoms with E-state index in [1.54, 1.807) is 7.11 Å². The number of ether oxygens (including phenoxy) is 2. The molecule has 7 nitrogen and oxygen atoms in total. The van der Waals surface area contributed by atoms with E-state index in [4.69, 9.17) is 19.6 Å². The molecule has 3 rings (SSSR count). The van der Waals surface area contributed by atoms with Gasteiger partial charge in [0.2, 0.25) is 5.91 Å². The number of nitrogens with zero attached hydrogens (tertiary/aromatic N) is 3. The van der Waals surface area contributed by atoms with E-state index >= 15 is 0 Å². The van der Waals surface area contributed by atoms with Crippen LogP contribution in [0.4, 0.5) is 0 Å². The Labute approximate surface area is 147 Å². The molecular weight excluding hydrogens is 320 g/mol. The minimum absolute atomic E-state index is 0.0415. The summed E-state index contributed by atoms with van der Waals surface area (Å²) in [5, 5.41) is 7.57. The first-order valence-electron chi connectivity index (χ1n) is 8.60. The summed E-state index contributed by atoms with van der Waals surface area (Å²) in [6, 6.07) is 7.73. The summed E-state index contributed by atoms with van der Waals surface area (Å²) in [7, 11) is 1.65. The molecule has 1 amide bonds. The van der Waals surface area contributed by atoms with E-state index in [2.05, 4.69) is 5.32 Å². The zero-order valence-electron chi connectivity index (χ0n) is 14.7. The quantitative estimate of drug-likeness (QED) is 0.865. The van der Waals surface area contributed by atoms with Gasteiger partial charge in [-0.05, 0) is 37.1 Å². The molecule has 0 atom stereocenters. The van der Waals surface area contributed by atoms with Crippen molar-refractivity contribution in [3.8, 4) is 11.4 Å². The molecule has 2 aromatic rings. The van der Waals surface area contributed by atoms with Gasteiger partial charge in [-0.2, -0.15) is 5.10 Å². The maximum Gasteiger partial charge on any atom is 0.216 e. The Morgan fingerprint density at radius 3 is 2.68 bits per heavy atom. The number of aromatic nitrogens is 3. The van der Waals surface area contributed by atoms with Crippen LogP contribution in [-0.4, -0.2) is 47.5 Å². The van der Waals surface area contributed by atoms with Gasteiger partial charge in [0.1, 0.15) is 11.6 Å². The van der Waals surface area contributed by atoms with Crippen LogP contribution in [0.1, 0.15) is 37.3 Å². The highest BCUT2D eigenvalue weighted by atomic mass is 16.5. The molecule has 1 fully saturated rings. The highest BCUT2D eigenvalue weighted by Crippen LogP contribution is 2.25. The lowest BCUT2D eigenvalue weighted by Crippen LogP contribution is -2.23. The first-order valence-corrected chi connectivity index (χ1v) is 8.60. The summed E-state index contributed by atoms with van der Waals surface area (Å²) in [5.74, 6) is 2.79. The highest BCUT2D eigenvalue weighted by molar-refractivity contribution is 5.72. The zero-order chi connectivity index (χ0) is 17.6. The predicted molar refractivity (Wildman–Crippen MR) is 93.1 cm³/mol. The first kappa shape index (κ1) is 17.4. The van der Waals surface area contributed by atoms with Gasteiger partial charge in [-0.15, -0.1) is 0 Å². The molecule has 0 bridgehead atoms. The van der Waals surface area contributed by atoms with Crippen LogP contribution in [0.15, 0.2) is 24.3 Å². The molecule has 0 radical (unpaired) electrons. The van der Waals surface area contributed by atoms with Gasteiger partial charge in [0, 0.05) is 39.0 Å². The third-order valence-electron chi connectivity index (χ3n) is 4.32. The number of carbonyl (C=O) groups is 1. The van der Waals surface area contributed by atoms with E-state index in [0.717, 1.165) is 49.1 Å². The molecule has 25 heavy (non-hydrogen) atoms. The second-order valence-electron chi connectivity index (χ2n) is 6.12. The van der Waals surface area contributed by atoms with Crippen molar-refractivity contribution in [2.45, 2.75) is 32.1 Å². The van der Waals surface area contributed by atoms with Crippen LogP contribution >= 0.6 is 0 Å². The molecule has 1 N–H and O–H groups in total. The van der Waals surface area contributed by atoms with Crippen molar-refractivity contribution in [1.82, 2.24) is 20.1 Å². The number of hydrogen-bond donors (Lipinski definition) is 1. The van der Waals surface area contributed by atoms with Gasteiger partial charge in [-0.25, -0.2) is 9.67 Å². The summed E-state index contributed by atoms with van der Waals surface area (Å²) in [6.07, 6.45) is 2.51. The maximum absolute atomic E-state index is 11.1. The number of rotatable bonds is 6. The van der Waals surface area contributed by atoms with E-state index in [1.165, 1.54) is 6.92 Å². The van der Waals surface area contributed by atoms with Gasteiger partial charge in [-0.1, -0.05) is 0 Å². The molecule has 0 saturated carbocycles. The molecule has 0 aliphatic carbocycles. The van der Waals surface area contributed by atoms with Crippen LogP contribution in [0.5, 0.6) is 5.75 Å². The van der Waals surface area contributed by atoms with Crippen molar-refractivity contribution in [3.63, 3.8) is 0 Å². The summed E-state index contributed by atoms with van der Waals surface area (Å²) >= 11 is 0. The third kappa shape index (κ3) is 4.36. The molecule has 0 unspecified atom stereocenters. The maximum atomic E-state index is 11.1. The van der Waals surface area contributed by atoms with Gasteiger partial charge >= 0.3 is 0 Å². The van der Waals surface area contributed by atoms with Crippen LogP contribution in [0.2, 0.25) is 0 Å². The van der Waals surface area contributed by atoms with Crippen LogP contribution in [0.3, 0.4) is 0 Å². The summed E-state index contributed by atoms with van der Waals surface area (Å²) < 4.78 is 12.5. The minimum Gasteiger partial charge on any atom is -0.497 e. The first-order chi connectivity index (χ1) is 12.2. The second kappa shape index (κ2) is 8.11. The molecule has 1 aromatic heterocycles. The van der Waals surface area contributed by atoms with E-state index in [1.807, 2.05) is 28.9 Å². The zero-order valence-corrected chi connectivity index (χ0v) is 14.7. The average Bonchev–Trinajstić information content (AvgIpc) is 3.06. The highest BCUT2D eigenvalue weighted by Gasteiger charge is 2.22. The lowest BCUT2D eigenvalue weighted by atomic mass is 10.00. The second-order valence-corrected chi connectivity index (χ2v) is 6.12. The molecule has 0 spiro atoms. The Morgan fingerprint density at radius 1 is 1.32 bits per heavy atom. The number of methoxy groups -OCH3 is 1. The normalized spacial score (nSPS) is 15.1. The monoisotopic (exact) mass is 344 g/mol. The van der Waals surface area contributed by atoms with E-state index in [0.29, 0.717) is 18.9 Å². The van der Waals surface area contributed by atoms with Crippen molar-refractivity contribution in [2.75, 3.05) is 26.9 Å². The molecule has 134 valence electrons. The largest absolute Gasteiger partial charge is 0.497 e. The summed E-state index contributed by atoms with van der Waals surface area (Å²) in [6.45, 7) is 3.56. The molecule has 7 heteroatoms. The van der Waals surface area contributed by atoms with Crippen molar-refractivity contribution >= 4 is 5.91 Å². The Bertz CT molecular complexity index is 706. The Morgan fingerprint density at radius 2 is 2.04 bits per heavy atom. The molecule has 1 aliphatic heterocycles. The van der Waals surface area contributed by atoms with Crippen LogP contribution < -0.4 is 10.1 Å². The van der Waals surface area contributed by atoms with Crippen molar-refractivity contribution in [1.29, 1.82) is 0 Å². The van der Waals surface area contributed by atoms with E-state index < -0.39 is 0 Å². The standard InChI is InChI=1S/C18H24N4O3/c1-13(23)19-10-7-17-20-18(14-8-11-25-12-9-14)21-22(17)15-3-5-16(24-2)6-4-15/h3-6,14H,7-12H2,1-2H3,(H,19,23). The number of carbonyl (C=O) groups excluding carboxylic acids is 1. The number of nitrogens with one attached hydrogen (secondary N) is 1. The SMILES string of the molecule is COc1ccc(-n2nc(C3CCOCC3)nc2CCNC(C)=O)cc1. The van der Waals surface area contributed by atoms with Crippen LogP contribution in [-0.2, 0) is 16.0 Å². The Balaban J connectivity index is 1.86. The number of benzene rings is 1. The summed E-state index contributed by atoms with van der Waals surface area (Å²) in [4.78, 5) is 15.9. The van der Waals surface area contributed by atoms with Gasteiger partial charge in [-0.3, -0.25) is 4.79 Å². The van der Waals surface area contributed by atoms with Crippen molar-refractivity contribution in [3.05, 3.63) is 35.9 Å². The lowest BCUT2D eigenvalue weighted by Gasteiger charge is -2.18. The van der Waals surface area contributed by atoms with Crippen LogP contribution in [0.25, 0.3) is 5.69 Å². The van der Waals surface area contributed by atoms with Gasteiger partial charge < -0.3 is 14.8 Å². The van der Waals surface area contributed by atoms with Crippen LogP contribution in [0, 0.1) is 0 Å². The average molecular weight is 344 g/mol. The fourth-order valence-electron chi connectivity index (χ4n) is 2.93.